The van der Waals surface area contributed by atoms with Gasteiger partial charge in [0.15, 0.2) is 0 Å². The summed E-state index contributed by atoms with van der Waals surface area (Å²) in [6, 6.07) is 5.01. The Balaban J connectivity index is 2.34. The van der Waals surface area contributed by atoms with Crippen molar-refractivity contribution < 1.29 is 4.74 Å². The van der Waals surface area contributed by atoms with Crippen LogP contribution in [-0.4, -0.2) is 32.8 Å². The maximum absolute atomic E-state index is 5.39. The van der Waals surface area contributed by atoms with E-state index in [9.17, 15) is 0 Å². The SMILES string of the molecule is COc1c(C)cc(CCNCCNC(C)C)cc1C. The molecule has 1 aromatic carbocycles. The van der Waals surface area contributed by atoms with Gasteiger partial charge in [0.05, 0.1) is 7.11 Å². The number of nitrogens with one attached hydrogen (secondary N) is 2. The van der Waals surface area contributed by atoms with Crippen LogP contribution in [0.2, 0.25) is 0 Å². The molecular weight excluding hydrogens is 236 g/mol. The molecule has 3 heteroatoms. The van der Waals surface area contributed by atoms with E-state index >= 15 is 0 Å². The number of aryl methyl sites for hydroxylation is 2. The Kier molecular flexibility index (Phi) is 6.89. The van der Waals surface area contributed by atoms with Gasteiger partial charge in [0.1, 0.15) is 5.75 Å². The maximum atomic E-state index is 5.39. The molecule has 1 aromatic rings. The number of methoxy groups -OCH3 is 1. The first-order chi connectivity index (χ1) is 9.04. The molecule has 19 heavy (non-hydrogen) atoms. The summed E-state index contributed by atoms with van der Waals surface area (Å²) in [5.41, 5.74) is 3.82. The van der Waals surface area contributed by atoms with Crippen molar-refractivity contribution in [1.82, 2.24) is 10.6 Å². The lowest BCUT2D eigenvalue weighted by Crippen LogP contribution is -2.32. The molecule has 3 nitrogen and oxygen atoms in total. The first-order valence-corrected chi connectivity index (χ1v) is 7.12. The van der Waals surface area contributed by atoms with Crippen LogP contribution in [-0.2, 0) is 6.42 Å². The van der Waals surface area contributed by atoms with Gasteiger partial charge in [-0.2, -0.15) is 0 Å². The normalized spacial score (nSPS) is 11.1. The molecule has 0 aliphatic heterocycles. The molecule has 2 N–H and O–H groups in total. The van der Waals surface area contributed by atoms with Gasteiger partial charge in [-0.05, 0) is 43.5 Å². The molecule has 0 aliphatic rings. The van der Waals surface area contributed by atoms with Gasteiger partial charge in [-0.1, -0.05) is 26.0 Å². The largest absolute Gasteiger partial charge is 0.496 e. The van der Waals surface area contributed by atoms with Crippen molar-refractivity contribution in [2.45, 2.75) is 40.2 Å². The maximum Gasteiger partial charge on any atom is 0.124 e. The van der Waals surface area contributed by atoms with Crippen LogP contribution >= 0.6 is 0 Å². The molecule has 0 spiro atoms. The highest BCUT2D eigenvalue weighted by atomic mass is 16.5. The lowest BCUT2D eigenvalue weighted by atomic mass is 10.0. The van der Waals surface area contributed by atoms with E-state index in [1.807, 2.05) is 0 Å². The monoisotopic (exact) mass is 264 g/mol. The Morgan fingerprint density at radius 2 is 1.68 bits per heavy atom. The van der Waals surface area contributed by atoms with Gasteiger partial charge in [0, 0.05) is 19.1 Å². The van der Waals surface area contributed by atoms with Crippen molar-refractivity contribution in [3.8, 4) is 5.75 Å². The summed E-state index contributed by atoms with van der Waals surface area (Å²) in [5.74, 6) is 1.01. The highest BCUT2D eigenvalue weighted by molar-refractivity contribution is 5.43. The summed E-state index contributed by atoms with van der Waals surface area (Å²) in [5, 5.41) is 6.86. The van der Waals surface area contributed by atoms with Crippen LogP contribution in [0.15, 0.2) is 12.1 Å². The van der Waals surface area contributed by atoms with E-state index in [0.29, 0.717) is 6.04 Å². The molecule has 0 atom stereocenters. The molecule has 0 radical (unpaired) electrons. The summed E-state index contributed by atoms with van der Waals surface area (Å²) in [7, 11) is 1.73. The molecule has 0 heterocycles. The molecule has 1 rings (SSSR count). The predicted molar refractivity (Wildman–Crippen MR) is 82.2 cm³/mol. The number of hydrogen-bond donors (Lipinski definition) is 2. The van der Waals surface area contributed by atoms with E-state index < -0.39 is 0 Å². The van der Waals surface area contributed by atoms with Gasteiger partial charge < -0.3 is 15.4 Å². The van der Waals surface area contributed by atoms with Crippen LogP contribution in [0.1, 0.15) is 30.5 Å². The van der Waals surface area contributed by atoms with Crippen LogP contribution in [0.5, 0.6) is 5.75 Å². The predicted octanol–water partition coefficient (Wildman–Crippen LogP) is 2.44. The van der Waals surface area contributed by atoms with Gasteiger partial charge in [-0.3, -0.25) is 0 Å². The molecule has 0 aliphatic carbocycles. The Morgan fingerprint density at radius 1 is 1.05 bits per heavy atom. The number of hydrogen-bond acceptors (Lipinski definition) is 3. The van der Waals surface area contributed by atoms with E-state index in [2.05, 4.69) is 50.5 Å². The van der Waals surface area contributed by atoms with E-state index in [1.54, 1.807) is 7.11 Å². The fourth-order valence-corrected chi connectivity index (χ4v) is 2.31. The molecular formula is C16H28N2O. The minimum atomic E-state index is 0.564. The van der Waals surface area contributed by atoms with Crippen LogP contribution in [0.4, 0.5) is 0 Å². The van der Waals surface area contributed by atoms with Crippen molar-refractivity contribution in [1.29, 1.82) is 0 Å². The summed E-state index contributed by atoms with van der Waals surface area (Å²) in [6.45, 7) is 11.6. The molecule has 0 unspecified atom stereocenters. The summed E-state index contributed by atoms with van der Waals surface area (Å²) in [4.78, 5) is 0. The smallest absolute Gasteiger partial charge is 0.124 e. The standard InChI is InChI=1S/C16H28N2O/c1-12(2)18-9-8-17-7-6-15-10-13(3)16(19-5)14(4)11-15/h10-12,17-18H,6-9H2,1-5H3. The zero-order valence-corrected chi connectivity index (χ0v) is 13.0. The highest BCUT2D eigenvalue weighted by Gasteiger charge is 2.04. The quantitative estimate of drug-likeness (QED) is 0.708. The second kappa shape index (κ2) is 8.18. The molecule has 108 valence electrons. The van der Waals surface area contributed by atoms with Gasteiger partial charge in [-0.25, -0.2) is 0 Å². The fourth-order valence-electron chi connectivity index (χ4n) is 2.31. The second-order valence-corrected chi connectivity index (χ2v) is 5.37. The molecule has 0 bridgehead atoms. The lowest BCUT2D eigenvalue weighted by molar-refractivity contribution is 0.408. The number of ether oxygens (including phenoxy) is 1. The minimum Gasteiger partial charge on any atom is -0.496 e. The number of benzene rings is 1. The van der Waals surface area contributed by atoms with Crippen LogP contribution in [0, 0.1) is 13.8 Å². The van der Waals surface area contributed by atoms with Gasteiger partial charge >= 0.3 is 0 Å². The van der Waals surface area contributed by atoms with Gasteiger partial charge in [0.2, 0.25) is 0 Å². The molecule has 0 fully saturated rings. The van der Waals surface area contributed by atoms with Crippen molar-refractivity contribution in [3.63, 3.8) is 0 Å². The van der Waals surface area contributed by atoms with E-state index in [0.717, 1.165) is 31.8 Å². The fraction of sp³-hybridized carbons (Fsp3) is 0.625. The zero-order chi connectivity index (χ0) is 14.3. The molecule has 0 saturated carbocycles. The average Bonchev–Trinajstić information content (AvgIpc) is 2.33. The third-order valence-electron chi connectivity index (χ3n) is 3.17. The zero-order valence-electron chi connectivity index (χ0n) is 13.0. The third-order valence-corrected chi connectivity index (χ3v) is 3.17. The van der Waals surface area contributed by atoms with Crippen LogP contribution in [0.25, 0.3) is 0 Å². The first-order valence-electron chi connectivity index (χ1n) is 7.12. The topological polar surface area (TPSA) is 33.3 Å². The summed E-state index contributed by atoms with van der Waals surface area (Å²) in [6.07, 6.45) is 1.06. The van der Waals surface area contributed by atoms with E-state index in [1.165, 1.54) is 16.7 Å². The van der Waals surface area contributed by atoms with Crippen molar-refractivity contribution in [2.75, 3.05) is 26.7 Å². The third kappa shape index (κ3) is 5.62. The summed E-state index contributed by atoms with van der Waals surface area (Å²) < 4.78 is 5.39. The van der Waals surface area contributed by atoms with Crippen LogP contribution < -0.4 is 15.4 Å². The first kappa shape index (κ1) is 16.0. The van der Waals surface area contributed by atoms with Crippen molar-refractivity contribution in [3.05, 3.63) is 28.8 Å². The van der Waals surface area contributed by atoms with Crippen molar-refractivity contribution in [2.24, 2.45) is 0 Å². The highest BCUT2D eigenvalue weighted by Crippen LogP contribution is 2.24. The van der Waals surface area contributed by atoms with Gasteiger partial charge in [-0.15, -0.1) is 0 Å². The molecule has 0 saturated heterocycles. The van der Waals surface area contributed by atoms with Crippen molar-refractivity contribution >= 4 is 0 Å². The average molecular weight is 264 g/mol. The van der Waals surface area contributed by atoms with E-state index in [4.69, 9.17) is 4.74 Å². The Bertz CT molecular complexity index is 365. The van der Waals surface area contributed by atoms with E-state index in [-0.39, 0.29) is 0 Å². The molecule has 0 amide bonds. The van der Waals surface area contributed by atoms with Crippen LogP contribution in [0.3, 0.4) is 0 Å². The Labute approximate surface area is 117 Å². The second-order valence-electron chi connectivity index (χ2n) is 5.37. The Morgan fingerprint density at radius 3 is 2.21 bits per heavy atom. The Hall–Kier alpha value is -1.06. The minimum absolute atomic E-state index is 0.564. The van der Waals surface area contributed by atoms with Gasteiger partial charge in [0.25, 0.3) is 0 Å². The lowest BCUT2D eigenvalue weighted by Gasteiger charge is -2.12. The molecule has 0 aromatic heterocycles. The summed E-state index contributed by atoms with van der Waals surface area (Å²) >= 11 is 0. The number of rotatable bonds is 8.